The standard InChI is InChI=1S/C12H23N3O2S/c1-4-10(13)8-18(16,17)9-12-7-11(5-2)14-15(12)6-3/h7,10H,4-6,8-9,13H2,1-3H3. The van der Waals surface area contributed by atoms with Crippen molar-refractivity contribution in [2.24, 2.45) is 5.73 Å². The highest BCUT2D eigenvalue weighted by atomic mass is 32.2. The molecule has 1 aromatic heterocycles. The number of rotatable bonds is 7. The van der Waals surface area contributed by atoms with E-state index in [-0.39, 0.29) is 17.5 Å². The van der Waals surface area contributed by atoms with Crippen LogP contribution in [-0.2, 0) is 28.6 Å². The Hall–Kier alpha value is -0.880. The van der Waals surface area contributed by atoms with Crippen molar-refractivity contribution in [1.29, 1.82) is 0 Å². The minimum atomic E-state index is -3.16. The molecular formula is C12H23N3O2S. The average molecular weight is 273 g/mol. The van der Waals surface area contributed by atoms with Crippen molar-refractivity contribution in [3.63, 3.8) is 0 Å². The van der Waals surface area contributed by atoms with E-state index in [0.717, 1.165) is 17.8 Å². The molecule has 0 saturated carbocycles. The zero-order valence-electron chi connectivity index (χ0n) is 11.4. The summed E-state index contributed by atoms with van der Waals surface area (Å²) in [6, 6.07) is 1.59. The molecule has 0 aromatic carbocycles. The van der Waals surface area contributed by atoms with Crippen molar-refractivity contribution in [2.75, 3.05) is 5.75 Å². The van der Waals surface area contributed by atoms with Crippen LogP contribution in [0.4, 0.5) is 0 Å². The second-order valence-corrected chi connectivity index (χ2v) is 6.63. The van der Waals surface area contributed by atoms with Crippen LogP contribution >= 0.6 is 0 Å². The highest BCUT2D eigenvalue weighted by Gasteiger charge is 2.19. The van der Waals surface area contributed by atoms with Crippen LogP contribution in [0.1, 0.15) is 38.6 Å². The molecule has 1 rings (SSSR count). The molecule has 0 bridgehead atoms. The Balaban J connectivity index is 2.86. The first-order chi connectivity index (χ1) is 8.41. The summed E-state index contributed by atoms with van der Waals surface area (Å²) in [5, 5.41) is 4.35. The van der Waals surface area contributed by atoms with Gasteiger partial charge >= 0.3 is 0 Å². The third-order valence-electron chi connectivity index (χ3n) is 2.94. The van der Waals surface area contributed by atoms with Gasteiger partial charge in [-0.25, -0.2) is 8.42 Å². The number of aromatic nitrogens is 2. The molecule has 2 N–H and O–H groups in total. The Morgan fingerprint density at radius 3 is 2.56 bits per heavy atom. The molecule has 0 saturated heterocycles. The normalized spacial score (nSPS) is 13.8. The van der Waals surface area contributed by atoms with Gasteiger partial charge in [0.05, 0.1) is 22.9 Å². The monoisotopic (exact) mass is 273 g/mol. The first kappa shape index (κ1) is 15.2. The molecule has 1 heterocycles. The van der Waals surface area contributed by atoms with Crippen molar-refractivity contribution < 1.29 is 8.42 Å². The number of aryl methyl sites for hydroxylation is 2. The van der Waals surface area contributed by atoms with E-state index in [1.54, 1.807) is 4.68 Å². The van der Waals surface area contributed by atoms with E-state index in [0.29, 0.717) is 13.0 Å². The topological polar surface area (TPSA) is 78.0 Å². The summed E-state index contributed by atoms with van der Waals surface area (Å²) in [6.07, 6.45) is 1.49. The Labute approximate surface area is 109 Å². The molecule has 0 aliphatic rings. The lowest BCUT2D eigenvalue weighted by Crippen LogP contribution is -2.29. The highest BCUT2D eigenvalue weighted by Crippen LogP contribution is 2.11. The Bertz CT molecular complexity index is 480. The fourth-order valence-corrected chi connectivity index (χ4v) is 3.49. The van der Waals surface area contributed by atoms with E-state index in [2.05, 4.69) is 5.10 Å². The zero-order chi connectivity index (χ0) is 13.8. The number of hydrogen-bond acceptors (Lipinski definition) is 4. The number of hydrogen-bond donors (Lipinski definition) is 1. The fourth-order valence-electron chi connectivity index (χ4n) is 1.81. The highest BCUT2D eigenvalue weighted by molar-refractivity contribution is 7.90. The summed E-state index contributed by atoms with van der Waals surface area (Å²) in [7, 11) is -3.16. The lowest BCUT2D eigenvalue weighted by atomic mass is 10.3. The average Bonchev–Trinajstić information content (AvgIpc) is 2.69. The molecule has 0 aliphatic carbocycles. The van der Waals surface area contributed by atoms with Crippen molar-refractivity contribution in [3.05, 3.63) is 17.5 Å². The number of nitrogens with zero attached hydrogens (tertiary/aromatic N) is 2. The van der Waals surface area contributed by atoms with Crippen molar-refractivity contribution in [1.82, 2.24) is 9.78 Å². The smallest absolute Gasteiger partial charge is 0.157 e. The van der Waals surface area contributed by atoms with Gasteiger partial charge in [-0.2, -0.15) is 5.10 Å². The Morgan fingerprint density at radius 2 is 2.06 bits per heavy atom. The largest absolute Gasteiger partial charge is 0.327 e. The minimum Gasteiger partial charge on any atom is -0.327 e. The fraction of sp³-hybridized carbons (Fsp3) is 0.750. The molecule has 5 nitrogen and oxygen atoms in total. The summed E-state index contributed by atoms with van der Waals surface area (Å²) in [5.74, 6) is 0.0708. The van der Waals surface area contributed by atoms with Crippen LogP contribution < -0.4 is 5.73 Å². The van der Waals surface area contributed by atoms with Crippen LogP contribution in [0.2, 0.25) is 0 Å². The molecule has 0 amide bonds. The Kier molecular flexibility index (Phi) is 5.34. The van der Waals surface area contributed by atoms with E-state index in [1.807, 2.05) is 26.8 Å². The first-order valence-electron chi connectivity index (χ1n) is 6.43. The maximum atomic E-state index is 12.0. The van der Waals surface area contributed by atoms with Gasteiger partial charge < -0.3 is 5.73 Å². The maximum Gasteiger partial charge on any atom is 0.157 e. The minimum absolute atomic E-state index is 0.0293. The van der Waals surface area contributed by atoms with Crippen molar-refractivity contribution in [2.45, 2.75) is 52.0 Å². The summed E-state index contributed by atoms with van der Waals surface area (Å²) in [5.41, 5.74) is 7.41. The predicted molar refractivity (Wildman–Crippen MR) is 73.0 cm³/mol. The zero-order valence-corrected chi connectivity index (χ0v) is 12.2. The van der Waals surface area contributed by atoms with E-state index in [4.69, 9.17) is 5.73 Å². The van der Waals surface area contributed by atoms with Gasteiger partial charge in [-0.1, -0.05) is 13.8 Å². The Morgan fingerprint density at radius 1 is 1.39 bits per heavy atom. The van der Waals surface area contributed by atoms with Gasteiger partial charge in [0.2, 0.25) is 0 Å². The molecule has 18 heavy (non-hydrogen) atoms. The summed E-state index contributed by atoms with van der Waals surface area (Å²) < 4.78 is 25.8. The third kappa shape index (κ3) is 4.10. The third-order valence-corrected chi connectivity index (χ3v) is 4.61. The number of nitrogens with two attached hydrogens (primary N) is 1. The van der Waals surface area contributed by atoms with E-state index in [1.165, 1.54) is 0 Å². The second kappa shape index (κ2) is 6.33. The lowest BCUT2D eigenvalue weighted by molar-refractivity contribution is 0.575. The van der Waals surface area contributed by atoms with E-state index in [9.17, 15) is 8.42 Å². The van der Waals surface area contributed by atoms with Gasteiger partial charge in [0.15, 0.2) is 9.84 Å². The predicted octanol–water partition coefficient (Wildman–Crippen LogP) is 1.12. The summed E-state index contributed by atoms with van der Waals surface area (Å²) >= 11 is 0. The van der Waals surface area contributed by atoms with E-state index >= 15 is 0 Å². The molecule has 0 aliphatic heterocycles. The quantitative estimate of drug-likeness (QED) is 0.807. The molecule has 6 heteroatoms. The second-order valence-electron chi connectivity index (χ2n) is 4.52. The van der Waals surface area contributed by atoms with Crippen molar-refractivity contribution in [3.8, 4) is 0 Å². The molecule has 1 atom stereocenters. The van der Waals surface area contributed by atoms with Crippen LogP contribution in [0.3, 0.4) is 0 Å². The molecule has 0 spiro atoms. The van der Waals surface area contributed by atoms with Crippen LogP contribution in [-0.4, -0.2) is 30.0 Å². The van der Waals surface area contributed by atoms with Gasteiger partial charge in [0.1, 0.15) is 0 Å². The summed E-state index contributed by atoms with van der Waals surface area (Å²) in [4.78, 5) is 0. The van der Waals surface area contributed by atoms with Gasteiger partial charge in [-0.15, -0.1) is 0 Å². The molecule has 1 aromatic rings. The maximum absolute atomic E-state index is 12.0. The van der Waals surface area contributed by atoms with Crippen LogP contribution in [0.5, 0.6) is 0 Å². The van der Waals surface area contributed by atoms with Gasteiger partial charge in [0, 0.05) is 12.6 Å². The van der Waals surface area contributed by atoms with Gasteiger partial charge in [0.25, 0.3) is 0 Å². The molecular weight excluding hydrogens is 250 g/mol. The summed E-state index contributed by atoms with van der Waals surface area (Å²) in [6.45, 7) is 6.55. The van der Waals surface area contributed by atoms with Gasteiger partial charge in [-0.05, 0) is 25.8 Å². The molecule has 0 fully saturated rings. The lowest BCUT2D eigenvalue weighted by Gasteiger charge is -2.10. The molecule has 104 valence electrons. The van der Waals surface area contributed by atoms with Crippen LogP contribution in [0.25, 0.3) is 0 Å². The van der Waals surface area contributed by atoms with Gasteiger partial charge in [-0.3, -0.25) is 4.68 Å². The number of sulfone groups is 1. The SMILES string of the molecule is CCc1cc(CS(=O)(=O)CC(N)CC)n(CC)n1. The van der Waals surface area contributed by atoms with E-state index < -0.39 is 9.84 Å². The van der Waals surface area contributed by atoms with Crippen molar-refractivity contribution >= 4 is 9.84 Å². The molecule has 1 unspecified atom stereocenters. The van der Waals surface area contributed by atoms with Crippen LogP contribution in [0.15, 0.2) is 6.07 Å². The van der Waals surface area contributed by atoms with Crippen LogP contribution in [0, 0.1) is 0 Å². The first-order valence-corrected chi connectivity index (χ1v) is 8.25. The molecule has 0 radical (unpaired) electrons.